The second-order valence-electron chi connectivity index (χ2n) is 8.31. The number of nitrogens with zero attached hydrogens (tertiary/aromatic N) is 2. The van der Waals surface area contributed by atoms with Crippen LogP contribution in [0.15, 0.2) is 53.4 Å². The minimum absolute atomic E-state index is 0.108. The van der Waals surface area contributed by atoms with Crippen LogP contribution in [0.2, 0.25) is 0 Å². The van der Waals surface area contributed by atoms with E-state index in [-0.39, 0.29) is 12.2 Å². The number of likely N-dealkylation sites (tertiary alicyclic amines) is 1. The maximum Gasteiger partial charge on any atom is 0.134 e. The molecule has 1 saturated heterocycles. The van der Waals surface area contributed by atoms with E-state index >= 15 is 0 Å². The number of benzene rings is 2. The Kier molecular flexibility index (Phi) is 8.39. The van der Waals surface area contributed by atoms with Crippen LogP contribution < -0.4 is 5.73 Å². The fourth-order valence-corrected chi connectivity index (χ4v) is 5.99. The van der Waals surface area contributed by atoms with Crippen LogP contribution in [0, 0.1) is 0 Å². The Morgan fingerprint density at radius 1 is 1.13 bits per heavy atom. The number of para-hydroxylation sites is 1. The van der Waals surface area contributed by atoms with E-state index in [1.54, 1.807) is 11.3 Å². The lowest BCUT2D eigenvalue weighted by Gasteiger charge is -2.31. The van der Waals surface area contributed by atoms with Crippen LogP contribution in [-0.4, -0.2) is 48.4 Å². The van der Waals surface area contributed by atoms with E-state index in [4.69, 9.17) is 15.5 Å². The third kappa shape index (κ3) is 6.30. The SMILES string of the molecule is CN1CCC(OC(c2cccc(SCCCCCN)c2)c2nc3ccccc3s2)CC1. The Hall–Kier alpha value is -1.44. The van der Waals surface area contributed by atoms with Crippen LogP contribution in [0.3, 0.4) is 0 Å². The Balaban J connectivity index is 1.54. The summed E-state index contributed by atoms with van der Waals surface area (Å²) in [6.07, 6.45) is 5.85. The van der Waals surface area contributed by atoms with Crippen molar-refractivity contribution in [3.63, 3.8) is 0 Å². The van der Waals surface area contributed by atoms with E-state index in [0.717, 1.165) is 55.2 Å². The number of hydrogen-bond acceptors (Lipinski definition) is 6. The van der Waals surface area contributed by atoms with Crippen LogP contribution in [0.5, 0.6) is 0 Å². The highest BCUT2D eigenvalue weighted by Crippen LogP contribution is 2.36. The lowest BCUT2D eigenvalue weighted by atomic mass is 10.1. The summed E-state index contributed by atoms with van der Waals surface area (Å²) < 4.78 is 7.97. The quantitative estimate of drug-likeness (QED) is 0.313. The number of hydrogen-bond donors (Lipinski definition) is 1. The molecule has 2 N–H and O–H groups in total. The molecule has 3 aromatic rings. The molecule has 31 heavy (non-hydrogen) atoms. The van der Waals surface area contributed by atoms with Gasteiger partial charge in [0.25, 0.3) is 0 Å². The minimum atomic E-state index is -0.108. The van der Waals surface area contributed by atoms with E-state index in [1.807, 2.05) is 11.8 Å². The summed E-state index contributed by atoms with van der Waals surface area (Å²) in [5, 5.41) is 1.06. The number of aromatic nitrogens is 1. The number of ether oxygens (including phenoxy) is 1. The van der Waals surface area contributed by atoms with Crippen molar-refractivity contribution in [2.75, 3.05) is 32.4 Å². The van der Waals surface area contributed by atoms with E-state index in [0.29, 0.717) is 0 Å². The van der Waals surface area contributed by atoms with Gasteiger partial charge in [-0.2, -0.15) is 0 Å². The van der Waals surface area contributed by atoms with Crippen molar-refractivity contribution in [1.82, 2.24) is 9.88 Å². The summed E-state index contributed by atoms with van der Waals surface area (Å²) in [7, 11) is 2.19. The number of thioether (sulfide) groups is 1. The monoisotopic (exact) mass is 455 g/mol. The van der Waals surface area contributed by atoms with Gasteiger partial charge in [0.2, 0.25) is 0 Å². The first-order chi connectivity index (χ1) is 15.2. The Morgan fingerprint density at radius 3 is 2.77 bits per heavy atom. The first-order valence-electron chi connectivity index (χ1n) is 11.4. The molecule has 0 aliphatic carbocycles. The molecule has 0 radical (unpaired) electrons. The number of piperidine rings is 1. The molecule has 6 heteroatoms. The second kappa shape index (κ2) is 11.4. The fourth-order valence-electron chi connectivity index (χ4n) is 3.98. The molecule has 1 aromatic heterocycles. The summed E-state index contributed by atoms with van der Waals surface area (Å²) in [6.45, 7) is 2.98. The molecule has 166 valence electrons. The zero-order valence-corrected chi connectivity index (χ0v) is 20.0. The van der Waals surface area contributed by atoms with Crippen molar-refractivity contribution < 1.29 is 4.74 Å². The highest BCUT2D eigenvalue weighted by molar-refractivity contribution is 7.99. The molecule has 4 nitrogen and oxygen atoms in total. The largest absolute Gasteiger partial charge is 0.363 e. The Morgan fingerprint density at radius 2 is 1.97 bits per heavy atom. The number of thiazole rings is 1. The van der Waals surface area contributed by atoms with E-state index in [9.17, 15) is 0 Å². The zero-order valence-electron chi connectivity index (χ0n) is 18.3. The molecule has 1 aliphatic heterocycles. The molecule has 1 unspecified atom stereocenters. The maximum atomic E-state index is 6.75. The third-order valence-corrected chi connectivity index (χ3v) is 7.97. The molecular weight excluding hydrogens is 422 g/mol. The Labute approximate surface area is 194 Å². The van der Waals surface area contributed by atoms with Gasteiger partial charge in [0.1, 0.15) is 11.1 Å². The van der Waals surface area contributed by atoms with Gasteiger partial charge in [-0.25, -0.2) is 4.98 Å². The third-order valence-electron chi connectivity index (χ3n) is 5.81. The number of rotatable bonds is 10. The smallest absolute Gasteiger partial charge is 0.134 e. The number of unbranched alkanes of at least 4 members (excludes halogenated alkanes) is 2. The van der Waals surface area contributed by atoms with Crippen LogP contribution in [0.25, 0.3) is 10.2 Å². The Bertz CT molecular complexity index is 920. The van der Waals surface area contributed by atoms with Crippen molar-refractivity contribution >= 4 is 33.3 Å². The predicted octanol–water partition coefficient (Wildman–Crippen LogP) is 5.72. The van der Waals surface area contributed by atoms with Gasteiger partial charge in [0, 0.05) is 18.0 Å². The average molecular weight is 456 g/mol. The number of fused-ring (bicyclic) bond motifs is 1. The summed E-state index contributed by atoms with van der Waals surface area (Å²) in [5.74, 6) is 1.13. The molecule has 1 atom stereocenters. The van der Waals surface area contributed by atoms with Gasteiger partial charge < -0.3 is 15.4 Å². The topological polar surface area (TPSA) is 51.4 Å². The summed E-state index contributed by atoms with van der Waals surface area (Å²) in [4.78, 5) is 8.65. The summed E-state index contributed by atoms with van der Waals surface area (Å²) in [6, 6.07) is 17.3. The van der Waals surface area contributed by atoms with Crippen molar-refractivity contribution in [1.29, 1.82) is 0 Å². The summed E-state index contributed by atoms with van der Waals surface area (Å²) >= 11 is 3.69. The standard InChI is InChI=1S/C25H33N3OS2/c1-28-15-12-20(13-16-28)29-24(25-27-22-10-3-4-11-23(22)31-25)19-8-7-9-21(18-19)30-17-6-2-5-14-26/h3-4,7-11,18,20,24H,2,5-6,12-17,26H2,1H3. The van der Waals surface area contributed by atoms with Gasteiger partial charge in [0.15, 0.2) is 0 Å². The lowest BCUT2D eigenvalue weighted by molar-refractivity contribution is -0.0235. The molecule has 2 aromatic carbocycles. The lowest BCUT2D eigenvalue weighted by Crippen LogP contribution is -2.35. The minimum Gasteiger partial charge on any atom is -0.363 e. The van der Waals surface area contributed by atoms with Crippen LogP contribution >= 0.6 is 23.1 Å². The molecule has 0 spiro atoms. The second-order valence-corrected chi connectivity index (χ2v) is 10.5. The highest BCUT2D eigenvalue weighted by atomic mass is 32.2. The van der Waals surface area contributed by atoms with E-state index in [2.05, 4.69) is 60.5 Å². The molecule has 0 bridgehead atoms. The van der Waals surface area contributed by atoms with Gasteiger partial charge in [0.05, 0.1) is 16.3 Å². The summed E-state index contributed by atoms with van der Waals surface area (Å²) in [5.41, 5.74) is 7.89. The molecule has 0 amide bonds. The van der Waals surface area contributed by atoms with Gasteiger partial charge in [-0.15, -0.1) is 23.1 Å². The average Bonchev–Trinajstić information content (AvgIpc) is 3.23. The maximum absolute atomic E-state index is 6.75. The van der Waals surface area contributed by atoms with Crippen LogP contribution in [0.1, 0.15) is 48.8 Å². The van der Waals surface area contributed by atoms with Gasteiger partial charge in [-0.3, -0.25) is 0 Å². The number of nitrogens with two attached hydrogens (primary N) is 1. The van der Waals surface area contributed by atoms with Crippen molar-refractivity contribution in [2.45, 2.75) is 49.2 Å². The molecule has 0 saturated carbocycles. The first kappa shape index (κ1) is 22.7. The molecule has 1 fully saturated rings. The zero-order chi connectivity index (χ0) is 21.5. The van der Waals surface area contributed by atoms with Crippen LogP contribution in [-0.2, 0) is 4.74 Å². The highest BCUT2D eigenvalue weighted by Gasteiger charge is 2.26. The van der Waals surface area contributed by atoms with Crippen molar-refractivity contribution in [2.24, 2.45) is 5.73 Å². The van der Waals surface area contributed by atoms with E-state index in [1.165, 1.54) is 28.0 Å². The van der Waals surface area contributed by atoms with Gasteiger partial charge >= 0.3 is 0 Å². The van der Waals surface area contributed by atoms with E-state index < -0.39 is 0 Å². The molecular formula is C25H33N3OS2. The fraction of sp³-hybridized carbons (Fsp3) is 0.480. The normalized spacial score (nSPS) is 16.7. The van der Waals surface area contributed by atoms with Gasteiger partial charge in [-0.1, -0.05) is 30.7 Å². The molecule has 4 rings (SSSR count). The predicted molar refractivity (Wildman–Crippen MR) is 133 cm³/mol. The van der Waals surface area contributed by atoms with Crippen LogP contribution in [0.4, 0.5) is 0 Å². The first-order valence-corrected chi connectivity index (χ1v) is 13.2. The molecule has 1 aliphatic rings. The van der Waals surface area contributed by atoms with Crippen molar-refractivity contribution in [3.05, 3.63) is 59.1 Å². The molecule has 2 heterocycles. The van der Waals surface area contributed by atoms with Gasteiger partial charge in [-0.05, 0) is 74.9 Å². The van der Waals surface area contributed by atoms with Crippen molar-refractivity contribution in [3.8, 4) is 0 Å².